The van der Waals surface area contributed by atoms with Crippen LogP contribution in [-0.2, 0) is 36.8 Å². The van der Waals surface area contributed by atoms with Crippen LogP contribution in [0.25, 0.3) is 11.1 Å². The van der Waals surface area contributed by atoms with Gasteiger partial charge in [0, 0.05) is 62.1 Å². The molecule has 4 N–H and O–H groups in total. The number of ether oxygens (including phenoxy) is 2. The summed E-state index contributed by atoms with van der Waals surface area (Å²) in [5, 5.41) is 19.2. The van der Waals surface area contributed by atoms with E-state index in [9.17, 15) is 43.5 Å². The average molecular weight is 871 g/mol. The first-order valence-corrected chi connectivity index (χ1v) is 21.2. The number of aromatic hydroxyl groups is 1. The van der Waals surface area contributed by atoms with Gasteiger partial charge in [-0.3, -0.25) is 43.8 Å². The highest BCUT2D eigenvalue weighted by Gasteiger charge is 2.47. The number of benzene rings is 3. The summed E-state index contributed by atoms with van der Waals surface area (Å²) in [5.41, 5.74) is 1.76. The lowest BCUT2D eigenvalue weighted by Gasteiger charge is -2.32. The molecule has 4 aromatic rings. The average Bonchev–Trinajstić information content (AvgIpc) is 3.79. The topological polar surface area (TPSA) is 231 Å². The standard InChI is InChI=1S/C47H46N6O11/c1-63-46(62)47(25-29-6-2-3-7-30(29)26-47)51-43(59)39-40(56)33(17-20-48-39)27-9-11-28(12-10-27)41(57)49-31-18-21-52(22-19-31)38(55)8-4-5-23-64-32-13-14-34-35(24-32)45(61)53(44(34)60)36-15-16-37(54)50-42(36)58/h2-3,6-7,9-14,17,20,24,31,36,56H,4-5,8,15-16,18-19,21-23,25-26H2,1H3,(H,49,57)(H,51,59)(H,50,54,58). The fourth-order valence-corrected chi connectivity index (χ4v) is 8.83. The zero-order valence-electron chi connectivity index (χ0n) is 35.0. The van der Waals surface area contributed by atoms with Gasteiger partial charge < -0.3 is 30.1 Å². The van der Waals surface area contributed by atoms with Crippen molar-refractivity contribution in [1.29, 1.82) is 0 Å². The summed E-state index contributed by atoms with van der Waals surface area (Å²) in [6.45, 7) is 1.25. The molecule has 0 radical (unpaired) electrons. The zero-order valence-corrected chi connectivity index (χ0v) is 35.0. The molecule has 4 aliphatic rings. The van der Waals surface area contributed by atoms with E-state index in [-0.39, 0.29) is 72.7 Å². The molecule has 1 unspecified atom stereocenters. The van der Waals surface area contributed by atoms with E-state index in [1.807, 2.05) is 24.3 Å². The molecule has 0 spiro atoms. The number of imide groups is 2. The molecule has 64 heavy (non-hydrogen) atoms. The van der Waals surface area contributed by atoms with Crippen molar-refractivity contribution < 1.29 is 52.9 Å². The molecule has 2 saturated heterocycles. The minimum Gasteiger partial charge on any atom is -0.505 e. The lowest BCUT2D eigenvalue weighted by molar-refractivity contribution is -0.148. The number of methoxy groups -OCH3 is 1. The summed E-state index contributed by atoms with van der Waals surface area (Å²) in [5.74, 6) is -3.94. The Morgan fingerprint density at radius 1 is 0.844 bits per heavy atom. The van der Waals surface area contributed by atoms with Crippen molar-refractivity contribution in [3.8, 4) is 22.6 Å². The summed E-state index contributed by atoms with van der Waals surface area (Å²) < 4.78 is 10.9. The second-order valence-corrected chi connectivity index (χ2v) is 16.4. The van der Waals surface area contributed by atoms with Crippen molar-refractivity contribution in [3.05, 3.63) is 113 Å². The second-order valence-electron chi connectivity index (χ2n) is 16.4. The number of carbonyl (C=O) groups excluding carboxylic acids is 8. The third kappa shape index (κ3) is 8.65. The van der Waals surface area contributed by atoms with Crippen LogP contribution in [0.2, 0.25) is 0 Å². The molecule has 2 fully saturated rings. The number of nitrogens with zero attached hydrogens (tertiary/aromatic N) is 3. The van der Waals surface area contributed by atoms with E-state index in [4.69, 9.17) is 9.47 Å². The number of esters is 1. The predicted octanol–water partition coefficient (Wildman–Crippen LogP) is 3.27. The molecule has 0 saturated carbocycles. The minimum absolute atomic E-state index is 0.00243. The maximum atomic E-state index is 13.5. The van der Waals surface area contributed by atoms with E-state index in [2.05, 4.69) is 20.9 Å². The van der Waals surface area contributed by atoms with Crippen molar-refractivity contribution in [2.24, 2.45) is 0 Å². The Morgan fingerprint density at radius 3 is 2.23 bits per heavy atom. The van der Waals surface area contributed by atoms with E-state index in [0.29, 0.717) is 67.6 Å². The van der Waals surface area contributed by atoms with Crippen molar-refractivity contribution >= 4 is 47.3 Å². The lowest BCUT2D eigenvalue weighted by atomic mass is 9.95. The SMILES string of the molecule is COC(=O)C1(NC(=O)c2nccc(-c3ccc(C(=O)NC4CCN(C(=O)CCCCOc5ccc6c(c5)C(=O)N(C5CCC(=O)NC5=O)C6=O)CC4)cc3)c2O)Cc2ccccc2C1. The Hall–Kier alpha value is -7.43. The molecule has 7 amide bonds. The Balaban J connectivity index is 0.770. The third-order valence-electron chi connectivity index (χ3n) is 12.3. The van der Waals surface area contributed by atoms with Crippen LogP contribution in [0.3, 0.4) is 0 Å². The van der Waals surface area contributed by atoms with Crippen LogP contribution in [0.4, 0.5) is 0 Å². The Morgan fingerprint density at radius 2 is 1.55 bits per heavy atom. The number of aromatic nitrogens is 1. The molecule has 1 aliphatic carbocycles. The maximum absolute atomic E-state index is 13.5. The van der Waals surface area contributed by atoms with Gasteiger partial charge in [0.15, 0.2) is 11.4 Å². The van der Waals surface area contributed by atoms with Crippen LogP contribution >= 0.6 is 0 Å². The van der Waals surface area contributed by atoms with E-state index in [1.54, 1.807) is 41.3 Å². The van der Waals surface area contributed by atoms with Gasteiger partial charge in [0.1, 0.15) is 17.3 Å². The van der Waals surface area contributed by atoms with E-state index < -0.39 is 47.1 Å². The van der Waals surface area contributed by atoms with E-state index in [1.165, 1.54) is 25.4 Å². The monoisotopic (exact) mass is 870 g/mol. The van der Waals surface area contributed by atoms with Crippen molar-refractivity contribution in [3.63, 3.8) is 0 Å². The summed E-state index contributed by atoms with van der Waals surface area (Å²) in [4.78, 5) is 109. The number of carbonyl (C=O) groups is 8. The number of pyridine rings is 1. The van der Waals surface area contributed by atoms with Crippen molar-refractivity contribution in [1.82, 2.24) is 30.7 Å². The van der Waals surface area contributed by atoms with Crippen LogP contribution in [0.5, 0.6) is 11.5 Å². The van der Waals surface area contributed by atoms with Crippen molar-refractivity contribution in [2.45, 2.75) is 75.4 Å². The molecular weight excluding hydrogens is 825 g/mol. The first kappa shape index (κ1) is 43.2. The molecule has 1 atom stereocenters. The first-order chi connectivity index (χ1) is 30.9. The molecule has 330 valence electrons. The van der Waals surface area contributed by atoms with Crippen LogP contribution in [0.15, 0.2) is 79.0 Å². The highest BCUT2D eigenvalue weighted by Crippen LogP contribution is 2.35. The molecule has 4 heterocycles. The van der Waals surface area contributed by atoms with Crippen LogP contribution < -0.4 is 20.7 Å². The number of likely N-dealkylation sites (tertiary alicyclic amines) is 1. The largest absolute Gasteiger partial charge is 0.505 e. The highest BCUT2D eigenvalue weighted by atomic mass is 16.5. The Labute approximate surface area is 367 Å². The second kappa shape index (κ2) is 18.1. The fourth-order valence-electron chi connectivity index (χ4n) is 8.83. The normalized spacial score (nSPS) is 17.9. The van der Waals surface area contributed by atoms with Gasteiger partial charge in [0.05, 0.1) is 24.8 Å². The number of unbranched alkanes of at least 4 members (excludes halogenated alkanes) is 1. The smallest absolute Gasteiger partial charge is 0.332 e. The van der Waals surface area contributed by atoms with Crippen LogP contribution in [0, 0.1) is 0 Å². The predicted molar refractivity (Wildman–Crippen MR) is 227 cm³/mol. The lowest BCUT2D eigenvalue weighted by Crippen LogP contribution is -2.56. The number of nitrogens with one attached hydrogen (secondary N) is 3. The Kier molecular flexibility index (Phi) is 12.2. The maximum Gasteiger partial charge on any atom is 0.332 e. The number of fused-ring (bicyclic) bond motifs is 2. The van der Waals surface area contributed by atoms with Gasteiger partial charge in [-0.05, 0) is 85.2 Å². The molecule has 3 aromatic carbocycles. The number of amides is 7. The van der Waals surface area contributed by atoms with Crippen LogP contribution in [-0.4, -0.2) is 112 Å². The van der Waals surface area contributed by atoms with Crippen LogP contribution in [0.1, 0.15) is 97.6 Å². The molecule has 0 bridgehead atoms. The first-order valence-electron chi connectivity index (χ1n) is 21.2. The summed E-state index contributed by atoms with van der Waals surface area (Å²) in [7, 11) is 1.26. The van der Waals surface area contributed by atoms with Gasteiger partial charge in [-0.2, -0.15) is 0 Å². The molecule has 1 aromatic heterocycles. The van der Waals surface area contributed by atoms with Gasteiger partial charge in [0.2, 0.25) is 17.7 Å². The number of rotatable bonds is 13. The Bertz CT molecular complexity index is 2540. The number of piperidine rings is 2. The molecule has 17 nitrogen and oxygen atoms in total. The molecule has 3 aliphatic heterocycles. The van der Waals surface area contributed by atoms with Crippen molar-refractivity contribution in [2.75, 3.05) is 26.8 Å². The quantitative estimate of drug-likeness (QED) is 0.0862. The summed E-state index contributed by atoms with van der Waals surface area (Å²) >= 11 is 0. The fraction of sp³-hybridized carbons (Fsp3) is 0.340. The summed E-state index contributed by atoms with van der Waals surface area (Å²) in [6, 6.07) is 19.0. The highest BCUT2D eigenvalue weighted by molar-refractivity contribution is 6.23. The van der Waals surface area contributed by atoms with Gasteiger partial charge >= 0.3 is 5.97 Å². The molecular formula is C47H46N6O11. The van der Waals surface area contributed by atoms with Gasteiger partial charge in [-0.1, -0.05) is 36.4 Å². The van der Waals surface area contributed by atoms with E-state index in [0.717, 1.165) is 16.0 Å². The summed E-state index contributed by atoms with van der Waals surface area (Å²) in [6.07, 6.45) is 4.56. The van der Waals surface area contributed by atoms with Gasteiger partial charge in [0.25, 0.3) is 23.6 Å². The molecule has 17 heteroatoms. The third-order valence-corrected chi connectivity index (χ3v) is 12.3. The van der Waals surface area contributed by atoms with Gasteiger partial charge in [-0.25, -0.2) is 9.78 Å². The van der Waals surface area contributed by atoms with E-state index >= 15 is 0 Å². The van der Waals surface area contributed by atoms with Gasteiger partial charge in [-0.15, -0.1) is 0 Å². The zero-order chi connectivity index (χ0) is 45.1. The molecule has 8 rings (SSSR count). The number of hydrogen-bond acceptors (Lipinski definition) is 12. The number of hydrogen-bond donors (Lipinski definition) is 4. The minimum atomic E-state index is -1.35.